The van der Waals surface area contributed by atoms with Gasteiger partial charge in [-0.25, -0.2) is 0 Å². The van der Waals surface area contributed by atoms with E-state index >= 15 is 0 Å². The molecule has 3 rings (SSSR count). The van der Waals surface area contributed by atoms with E-state index in [0.717, 1.165) is 18.0 Å². The molecule has 7 heteroatoms. The second-order valence-electron chi connectivity index (χ2n) is 5.52. The Balaban J connectivity index is 1.95. The summed E-state index contributed by atoms with van der Waals surface area (Å²) in [7, 11) is 1.99. The number of nitrogens with one attached hydrogen (secondary N) is 1. The first kappa shape index (κ1) is 16.2. The van der Waals surface area contributed by atoms with Gasteiger partial charge in [0.2, 0.25) is 0 Å². The van der Waals surface area contributed by atoms with E-state index in [4.69, 9.17) is 17.0 Å². The first-order valence-electron chi connectivity index (χ1n) is 7.49. The van der Waals surface area contributed by atoms with Gasteiger partial charge in [-0.1, -0.05) is 12.1 Å². The van der Waals surface area contributed by atoms with Crippen LogP contribution in [-0.2, 0) is 9.59 Å². The Morgan fingerprint density at radius 3 is 2.96 bits per heavy atom. The summed E-state index contributed by atoms with van der Waals surface area (Å²) in [6, 6.07) is 5.59. The van der Waals surface area contributed by atoms with Crippen molar-refractivity contribution in [1.82, 2.24) is 10.2 Å². The summed E-state index contributed by atoms with van der Waals surface area (Å²) < 4.78 is 5.65. The van der Waals surface area contributed by atoms with Crippen LogP contribution in [0.4, 0.5) is 5.69 Å². The molecule has 1 saturated heterocycles. The third-order valence-electron chi connectivity index (χ3n) is 3.89. The lowest BCUT2D eigenvalue weighted by Crippen LogP contribution is -2.53. The molecule has 0 spiro atoms. The number of hydrogen-bond acceptors (Lipinski definition) is 5. The summed E-state index contributed by atoms with van der Waals surface area (Å²) in [6.07, 6.45) is 3.11. The summed E-state index contributed by atoms with van der Waals surface area (Å²) in [5.74, 6) is -0.194. The molecule has 0 atom stereocenters. The zero-order valence-corrected chi connectivity index (χ0v) is 14.1. The van der Waals surface area contributed by atoms with Gasteiger partial charge in [0.1, 0.15) is 17.9 Å². The topological polar surface area (TPSA) is 61.9 Å². The first-order chi connectivity index (χ1) is 11.5. The predicted molar refractivity (Wildman–Crippen MR) is 95.8 cm³/mol. The summed E-state index contributed by atoms with van der Waals surface area (Å²) in [5, 5.41) is 2.62. The first-order valence-corrected chi connectivity index (χ1v) is 7.90. The highest BCUT2D eigenvalue weighted by molar-refractivity contribution is 7.80. The Bertz CT molecular complexity index is 772. The van der Waals surface area contributed by atoms with Crippen molar-refractivity contribution in [3.63, 3.8) is 0 Å². The van der Waals surface area contributed by atoms with Crippen molar-refractivity contribution in [2.24, 2.45) is 0 Å². The molecule has 2 aliphatic rings. The molecule has 0 saturated carbocycles. The number of rotatable bonds is 3. The molecule has 0 aromatic heterocycles. The number of carbonyl (C=O) groups excluding carboxylic acids is 2. The van der Waals surface area contributed by atoms with E-state index in [-0.39, 0.29) is 17.2 Å². The van der Waals surface area contributed by atoms with Gasteiger partial charge in [0.05, 0.1) is 12.2 Å². The molecule has 0 bridgehead atoms. The zero-order valence-electron chi connectivity index (χ0n) is 13.2. The third-order valence-corrected chi connectivity index (χ3v) is 4.21. The van der Waals surface area contributed by atoms with Crippen LogP contribution in [0.5, 0.6) is 5.75 Å². The van der Waals surface area contributed by atoms with Crippen LogP contribution in [0.1, 0.15) is 5.56 Å². The van der Waals surface area contributed by atoms with E-state index in [2.05, 4.69) is 16.8 Å². The van der Waals surface area contributed by atoms with Gasteiger partial charge >= 0.3 is 0 Å². The van der Waals surface area contributed by atoms with Crippen molar-refractivity contribution in [3.8, 4) is 5.75 Å². The SMILES string of the molecule is C=CCN1C(=O)/C(=C/c2ccc3c(c2)OCCN3C)C(=O)NC1=S. The van der Waals surface area contributed by atoms with Gasteiger partial charge in [-0.05, 0) is 36.0 Å². The maximum Gasteiger partial charge on any atom is 0.265 e. The monoisotopic (exact) mass is 343 g/mol. The fraction of sp³-hybridized carbons (Fsp3) is 0.235. The average Bonchev–Trinajstić information content (AvgIpc) is 2.55. The van der Waals surface area contributed by atoms with Gasteiger partial charge in [0.25, 0.3) is 11.8 Å². The standard InChI is InChI=1S/C17H17N3O3S/c1-3-6-20-16(22)12(15(21)18-17(20)24)9-11-4-5-13-14(10-11)23-8-7-19(13)2/h3-5,9-10H,1,6-8H2,2H3,(H,18,21,24)/b12-9+. The minimum atomic E-state index is -0.499. The maximum atomic E-state index is 12.5. The minimum Gasteiger partial charge on any atom is -0.490 e. The molecule has 2 heterocycles. The van der Waals surface area contributed by atoms with Crippen LogP contribution < -0.4 is 15.0 Å². The zero-order chi connectivity index (χ0) is 17.3. The van der Waals surface area contributed by atoms with Crippen LogP contribution in [0.3, 0.4) is 0 Å². The number of hydrogen-bond donors (Lipinski definition) is 1. The number of fused-ring (bicyclic) bond motifs is 1. The summed E-state index contributed by atoms with van der Waals surface area (Å²) in [4.78, 5) is 28.0. The van der Waals surface area contributed by atoms with E-state index in [9.17, 15) is 9.59 Å². The van der Waals surface area contributed by atoms with Crippen molar-refractivity contribution in [2.75, 3.05) is 31.6 Å². The fourth-order valence-electron chi connectivity index (χ4n) is 2.62. The number of thiocarbonyl (C=S) groups is 1. The molecule has 2 amide bonds. The summed E-state index contributed by atoms with van der Waals surface area (Å²) in [5.41, 5.74) is 1.74. The molecule has 1 aromatic rings. The van der Waals surface area contributed by atoms with Crippen LogP contribution >= 0.6 is 12.2 Å². The molecule has 1 fully saturated rings. The van der Waals surface area contributed by atoms with Crippen molar-refractivity contribution in [1.29, 1.82) is 0 Å². The number of benzene rings is 1. The van der Waals surface area contributed by atoms with Crippen LogP contribution in [0.15, 0.2) is 36.4 Å². The molecule has 0 radical (unpaired) electrons. The van der Waals surface area contributed by atoms with E-state index in [1.165, 1.54) is 4.90 Å². The Kier molecular flexibility index (Phi) is 4.35. The maximum absolute atomic E-state index is 12.5. The average molecular weight is 343 g/mol. The number of anilines is 1. The molecule has 124 valence electrons. The third kappa shape index (κ3) is 2.90. The van der Waals surface area contributed by atoms with Crippen LogP contribution in [0.2, 0.25) is 0 Å². The van der Waals surface area contributed by atoms with Gasteiger partial charge in [-0.2, -0.15) is 0 Å². The van der Waals surface area contributed by atoms with Gasteiger partial charge in [-0.15, -0.1) is 6.58 Å². The Morgan fingerprint density at radius 1 is 1.42 bits per heavy atom. The van der Waals surface area contributed by atoms with Crippen molar-refractivity contribution < 1.29 is 14.3 Å². The van der Waals surface area contributed by atoms with Crippen molar-refractivity contribution in [2.45, 2.75) is 0 Å². The molecule has 1 N–H and O–H groups in total. The Morgan fingerprint density at radius 2 is 2.21 bits per heavy atom. The highest BCUT2D eigenvalue weighted by Crippen LogP contribution is 2.32. The lowest BCUT2D eigenvalue weighted by molar-refractivity contribution is -0.128. The highest BCUT2D eigenvalue weighted by Gasteiger charge is 2.32. The second-order valence-corrected chi connectivity index (χ2v) is 5.91. The number of ether oxygens (including phenoxy) is 1. The molecule has 6 nitrogen and oxygen atoms in total. The van der Waals surface area contributed by atoms with E-state index in [1.807, 2.05) is 25.2 Å². The molecule has 1 aromatic carbocycles. The molecular formula is C17H17N3O3S. The Hall–Kier alpha value is -2.67. The Labute approximate surface area is 145 Å². The molecule has 0 aliphatic carbocycles. The van der Waals surface area contributed by atoms with Gasteiger partial charge < -0.3 is 9.64 Å². The minimum absolute atomic E-state index is 0.0366. The molecule has 0 unspecified atom stereocenters. The molecule has 24 heavy (non-hydrogen) atoms. The normalized spacial score (nSPS) is 19.0. The quantitative estimate of drug-likeness (QED) is 0.388. The smallest absolute Gasteiger partial charge is 0.265 e. The molecular weight excluding hydrogens is 326 g/mol. The van der Waals surface area contributed by atoms with E-state index in [0.29, 0.717) is 12.2 Å². The fourth-order valence-corrected chi connectivity index (χ4v) is 2.87. The van der Waals surface area contributed by atoms with Gasteiger partial charge in [0, 0.05) is 13.6 Å². The lowest BCUT2D eigenvalue weighted by atomic mass is 10.1. The van der Waals surface area contributed by atoms with Crippen molar-refractivity contribution >= 4 is 40.9 Å². The van der Waals surface area contributed by atoms with Gasteiger partial charge in [-0.3, -0.25) is 19.8 Å². The number of likely N-dealkylation sites (N-methyl/N-ethyl adjacent to an activating group) is 1. The van der Waals surface area contributed by atoms with Crippen LogP contribution in [0, 0.1) is 0 Å². The van der Waals surface area contributed by atoms with Crippen molar-refractivity contribution in [3.05, 3.63) is 42.0 Å². The second kappa shape index (κ2) is 6.45. The predicted octanol–water partition coefficient (Wildman–Crippen LogP) is 1.33. The summed E-state index contributed by atoms with van der Waals surface area (Å²) in [6.45, 7) is 5.27. The number of carbonyl (C=O) groups is 2. The van der Waals surface area contributed by atoms with Crippen LogP contribution in [0.25, 0.3) is 6.08 Å². The highest BCUT2D eigenvalue weighted by atomic mass is 32.1. The van der Waals surface area contributed by atoms with E-state index < -0.39 is 11.8 Å². The largest absolute Gasteiger partial charge is 0.490 e. The summed E-state index contributed by atoms with van der Waals surface area (Å²) >= 11 is 5.03. The number of nitrogens with zero attached hydrogens (tertiary/aromatic N) is 2. The number of amides is 2. The van der Waals surface area contributed by atoms with E-state index in [1.54, 1.807) is 12.2 Å². The lowest BCUT2D eigenvalue weighted by Gasteiger charge is -2.28. The van der Waals surface area contributed by atoms with Gasteiger partial charge in [0.15, 0.2) is 5.11 Å². The van der Waals surface area contributed by atoms with Crippen LogP contribution in [-0.4, -0.2) is 48.6 Å². The molecule has 2 aliphatic heterocycles.